The largest absolute Gasteiger partial charge is 0.341 e. The summed E-state index contributed by atoms with van der Waals surface area (Å²) in [5.41, 5.74) is 11.2. The molecule has 9 rings (SSSR count). The van der Waals surface area contributed by atoms with Crippen molar-refractivity contribution in [2.24, 2.45) is 0 Å². The fourth-order valence-corrected chi connectivity index (χ4v) is 9.46. The van der Waals surface area contributed by atoms with Crippen molar-refractivity contribution in [2.45, 2.75) is 90.9 Å². The molecule has 0 aliphatic heterocycles. The molecule has 4 nitrogen and oxygen atoms in total. The first-order chi connectivity index (χ1) is 30.7. The summed E-state index contributed by atoms with van der Waals surface area (Å²) in [6.07, 6.45) is 15.4. The van der Waals surface area contributed by atoms with Gasteiger partial charge in [0.25, 0.3) is 0 Å². The Bertz CT molecular complexity index is 2620. The number of rotatable bonds is 20. The second-order valence-electron chi connectivity index (χ2n) is 17.1. The molecule has 0 fully saturated rings. The molecule has 0 aliphatic rings. The van der Waals surface area contributed by atoms with Gasteiger partial charge in [-0.25, -0.2) is 9.97 Å². The van der Waals surface area contributed by atoms with Crippen molar-refractivity contribution in [1.82, 2.24) is 9.97 Å². The minimum atomic E-state index is 0.990. The monoisotopic (exact) mass is 812 g/mol. The van der Waals surface area contributed by atoms with Crippen LogP contribution in [0.1, 0.15) is 90.9 Å². The molecular weight excluding hydrogens is 753 g/mol. The quantitative estimate of drug-likeness (QED) is 0.0436. The molecule has 2 heterocycles. The van der Waals surface area contributed by atoms with E-state index in [1.807, 2.05) is 0 Å². The van der Waals surface area contributed by atoms with E-state index in [0.717, 1.165) is 57.4 Å². The maximum absolute atomic E-state index is 5.47. The number of hydrogen-bond donors (Lipinski definition) is 0. The third-order valence-corrected chi connectivity index (χ3v) is 12.8. The number of pyridine rings is 2. The molecule has 0 N–H and O–H groups in total. The van der Waals surface area contributed by atoms with Gasteiger partial charge in [-0.1, -0.05) is 175 Å². The summed E-state index contributed by atoms with van der Waals surface area (Å²) in [5, 5.41) is 7.02. The summed E-state index contributed by atoms with van der Waals surface area (Å²) in [6.45, 7) is 6.58. The highest BCUT2D eigenvalue weighted by molar-refractivity contribution is 6.31. The molecule has 4 heteroatoms. The maximum atomic E-state index is 5.47. The van der Waals surface area contributed by atoms with Crippen LogP contribution in [0.2, 0.25) is 0 Å². The van der Waals surface area contributed by atoms with E-state index in [1.165, 1.54) is 121 Å². The molecular formula is C58H60N4. The van der Waals surface area contributed by atoms with E-state index in [1.54, 1.807) is 0 Å². The molecule has 0 atom stereocenters. The van der Waals surface area contributed by atoms with Gasteiger partial charge < -0.3 is 9.80 Å². The normalized spacial score (nSPS) is 11.6. The number of unbranched alkanes of at least 4 members (excludes halogenated alkanes) is 10. The summed E-state index contributed by atoms with van der Waals surface area (Å²) in [6, 6.07) is 57.6. The van der Waals surface area contributed by atoms with Gasteiger partial charge in [0.2, 0.25) is 0 Å². The van der Waals surface area contributed by atoms with Gasteiger partial charge >= 0.3 is 0 Å². The van der Waals surface area contributed by atoms with Crippen LogP contribution in [0.4, 0.5) is 22.7 Å². The molecule has 0 unspecified atom stereocenters. The van der Waals surface area contributed by atoms with Gasteiger partial charge in [0.1, 0.15) is 0 Å². The third-order valence-electron chi connectivity index (χ3n) is 12.8. The van der Waals surface area contributed by atoms with Crippen LogP contribution in [-0.4, -0.2) is 23.1 Å². The van der Waals surface area contributed by atoms with Crippen LogP contribution >= 0.6 is 0 Å². The van der Waals surface area contributed by atoms with Crippen molar-refractivity contribution in [3.05, 3.63) is 158 Å². The summed E-state index contributed by atoms with van der Waals surface area (Å²) in [5.74, 6) is 0. The summed E-state index contributed by atoms with van der Waals surface area (Å²) in [7, 11) is 0. The van der Waals surface area contributed by atoms with Crippen molar-refractivity contribution >= 4 is 66.1 Å². The first-order valence-electron chi connectivity index (χ1n) is 23.4. The van der Waals surface area contributed by atoms with Crippen LogP contribution in [0.5, 0.6) is 0 Å². The number of anilines is 4. The summed E-state index contributed by atoms with van der Waals surface area (Å²) in [4.78, 5) is 15.9. The second-order valence-corrected chi connectivity index (χ2v) is 17.1. The molecule has 7 aromatic carbocycles. The fraction of sp³-hybridized carbons (Fsp3) is 0.276. The highest BCUT2D eigenvalue weighted by Gasteiger charge is 2.19. The van der Waals surface area contributed by atoms with E-state index < -0.39 is 0 Å². The molecule has 2 aromatic heterocycles. The minimum absolute atomic E-state index is 0.990. The minimum Gasteiger partial charge on any atom is -0.341 e. The van der Waals surface area contributed by atoms with Crippen molar-refractivity contribution in [2.75, 3.05) is 22.9 Å². The van der Waals surface area contributed by atoms with Crippen LogP contribution < -0.4 is 9.80 Å². The molecule has 0 amide bonds. The van der Waals surface area contributed by atoms with Gasteiger partial charge in [-0.3, -0.25) is 0 Å². The average Bonchev–Trinajstić information content (AvgIpc) is 3.33. The molecule has 0 bridgehead atoms. The van der Waals surface area contributed by atoms with Crippen LogP contribution in [0.15, 0.2) is 158 Å². The van der Waals surface area contributed by atoms with Crippen molar-refractivity contribution < 1.29 is 0 Å². The van der Waals surface area contributed by atoms with E-state index in [2.05, 4.69) is 181 Å². The lowest BCUT2D eigenvalue weighted by Gasteiger charge is -2.25. The molecule has 0 saturated carbocycles. The molecule has 0 radical (unpaired) electrons. The zero-order valence-corrected chi connectivity index (χ0v) is 36.7. The molecule has 62 heavy (non-hydrogen) atoms. The SMILES string of the molecule is CCCCCCCCN(c1ccccc1)c1ccc(-c2cc3cccc4c5nc(-c6ccc(N(CCCCCCCC)c7ccccc7)cc6)cc6cccc(c(n2)c34)c65)cc1. The lowest BCUT2D eigenvalue weighted by atomic mass is 9.93. The molecule has 0 aliphatic carbocycles. The van der Waals surface area contributed by atoms with Gasteiger partial charge in [-0.05, 0) is 84.3 Å². The van der Waals surface area contributed by atoms with Crippen molar-refractivity contribution in [3.8, 4) is 22.5 Å². The summed E-state index contributed by atoms with van der Waals surface area (Å²) >= 11 is 0. The summed E-state index contributed by atoms with van der Waals surface area (Å²) < 4.78 is 0. The Labute approximate surface area is 368 Å². The topological polar surface area (TPSA) is 32.3 Å². The first-order valence-corrected chi connectivity index (χ1v) is 23.4. The molecule has 312 valence electrons. The highest BCUT2D eigenvalue weighted by atomic mass is 15.1. The van der Waals surface area contributed by atoms with E-state index in [9.17, 15) is 0 Å². The third kappa shape index (κ3) is 8.88. The van der Waals surface area contributed by atoms with Crippen LogP contribution in [0, 0.1) is 0 Å². The standard InChI is InChI=1S/C58H60N4/c1-3-5-7-9-11-19-39-61(47-25-15-13-16-26-47)49-35-31-43(32-36-49)53-41-45-23-21-30-52-55(45)57(59-53)51-29-22-24-46-42-54(60-58(52)56(46)51)44-33-37-50(38-34-44)62(48-27-17-14-18-28-48)40-20-12-10-8-6-4-2/h13-18,21-38,41-42H,3-12,19-20,39-40H2,1-2H3. The highest BCUT2D eigenvalue weighted by Crippen LogP contribution is 2.42. The number of nitrogens with zero attached hydrogens (tertiary/aromatic N) is 4. The number of benzene rings is 7. The van der Waals surface area contributed by atoms with Gasteiger partial charge in [0.15, 0.2) is 0 Å². The Balaban J connectivity index is 1.03. The fourth-order valence-electron chi connectivity index (χ4n) is 9.46. The Morgan fingerprint density at radius 3 is 1.13 bits per heavy atom. The van der Waals surface area contributed by atoms with E-state index >= 15 is 0 Å². The van der Waals surface area contributed by atoms with Crippen LogP contribution in [-0.2, 0) is 0 Å². The van der Waals surface area contributed by atoms with Gasteiger partial charge in [0, 0.05) is 68.5 Å². The van der Waals surface area contributed by atoms with Crippen molar-refractivity contribution in [1.29, 1.82) is 0 Å². The molecule has 9 aromatic rings. The number of fused-ring (bicyclic) bond motifs is 2. The Kier molecular flexibility index (Phi) is 13.0. The Morgan fingerprint density at radius 2 is 0.726 bits per heavy atom. The first kappa shape index (κ1) is 41.1. The van der Waals surface area contributed by atoms with Crippen LogP contribution in [0.3, 0.4) is 0 Å². The predicted octanol–water partition coefficient (Wildman–Crippen LogP) is 16.9. The van der Waals surface area contributed by atoms with E-state index in [0.29, 0.717) is 0 Å². The zero-order chi connectivity index (χ0) is 42.1. The second kappa shape index (κ2) is 19.6. The number of aromatic nitrogens is 2. The zero-order valence-electron chi connectivity index (χ0n) is 36.7. The van der Waals surface area contributed by atoms with E-state index in [4.69, 9.17) is 9.97 Å². The lowest BCUT2D eigenvalue weighted by molar-refractivity contribution is 0.609. The molecule has 0 spiro atoms. The van der Waals surface area contributed by atoms with Crippen molar-refractivity contribution in [3.63, 3.8) is 0 Å². The smallest absolute Gasteiger partial charge is 0.0801 e. The average molecular weight is 813 g/mol. The number of para-hydroxylation sites is 2. The number of hydrogen-bond acceptors (Lipinski definition) is 4. The van der Waals surface area contributed by atoms with Gasteiger partial charge in [-0.2, -0.15) is 0 Å². The van der Waals surface area contributed by atoms with Gasteiger partial charge in [-0.15, -0.1) is 0 Å². The predicted molar refractivity (Wildman–Crippen MR) is 268 cm³/mol. The lowest BCUT2D eigenvalue weighted by Crippen LogP contribution is -2.18. The maximum Gasteiger partial charge on any atom is 0.0801 e. The Morgan fingerprint density at radius 1 is 0.355 bits per heavy atom. The van der Waals surface area contributed by atoms with E-state index in [-0.39, 0.29) is 0 Å². The van der Waals surface area contributed by atoms with Gasteiger partial charge in [0.05, 0.1) is 22.4 Å². The molecule has 0 saturated heterocycles. The van der Waals surface area contributed by atoms with Crippen LogP contribution in [0.25, 0.3) is 65.9 Å². The Hall–Kier alpha value is -6.26.